The van der Waals surface area contributed by atoms with E-state index in [1.807, 2.05) is 38.1 Å². The van der Waals surface area contributed by atoms with Crippen molar-refractivity contribution in [3.05, 3.63) is 59.2 Å². The monoisotopic (exact) mass is 315 g/mol. The van der Waals surface area contributed by atoms with Crippen LogP contribution in [0, 0.1) is 6.92 Å². The molecule has 0 spiro atoms. The van der Waals surface area contributed by atoms with E-state index in [2.05, 4.69) is 15.1 Å². The van der Waals surface area contributed by atoms with Gasteiger partial charge < -0.3 is 9.26 Å². The molecule has 2 heterocycles. The number of aromatic nitrogens is 3. The van der Waals surface area contributed by atoms with Crippen molar-refractivity contribution >= 4 is 11.6 Å². The summed E-state index contributed by atoms with van der Waals surface area (Å²) in [5.74, 6) is 1.64. The minimum Gasteiger partial charge on any atom is -0.481 e. The number of hydrogen-bond donors (Lipinski definition) is 0. The van der Waals surface area contributed by atoms with Crippen molar-refractivity contribution < 1.29 is 9.26 Å². The quantitative estimate of drug-likeness (QED) is 0.721. The van der Waals surface area contributed by atoms with Gasteiger partial charge in [0.25, 0.3) is 5.89 Å². The molecule has 0 radical (unpaired) electrons. The van der Waals surface area contributed by atoms with Gasteiger partial charge in [0.1, 0.15) is 5.75 Å². The lowest BCUT2D eigenvalue weighted by atomic mass is 10.2. The first-order valence-electron chi connectivity index (χ1n) is 6.80. The van der Waals surface area contributed by atoms with Crippen molar-refractivity contribution in [3.63, 3.8) is 0 Å². The molecule has 0 aliphatic carbocycles. The first-order valence-corrected chi connectivity index (χ1v) is 7.18. The van der Waals surface area contributed by atoms with E-state index < -0.39 is 0 Å². The Hall–Kier alpha value is -2.40. The molecule has 0 saturated heterocycles. The van der Waals surface area contributed by atoms with Gasteiger partial charge in [-0.05, 0) is 49.7 Å². The standard InChI is InChI=1S/C16H14ClN3O2/c1-10-9-13(3-4-14(10)17)21-11(2)16-19-15(20-22-16)12-5-7-18-8-6-12/h3-9,11H,1-2H3/t11-/m0/s1. The largest absolute Gasteiger partial charge is 0.481 e. The second kappa shape index (κ2) is 6.15. The Morgan fingerprint density at radius 3 is 2.68 bits per heavy atom. The van der Waals surface area contributed by atoms with Crippen molar-refractivity contribution in [3.8, 4) is 17.1 Å². The van der Waals surface area contributed by atoms with Crippen LogP contribution >= 0.6 is 11.6 Å². The number of ether oxygens (including phenoxy) is 1. The Kier molecular flexibility index (Phi) is 4.06. The van der Waals surface area contributed by atoms with Crippen LogP contribution < -0.4 is 4.74 Å². The van der Waals surface area contributed by atoms with Gasteiger partial charge in [-0.3, -0.25) is 4.98 Å². The Labute approximate surface area is 132 Å². The maximum Gasteiger partial charge on any atom is 0.267 e. The summed E-state index contributed by atoms with van der Waals surface area (Å²) in [6.45, 7) is 3.78. The van der Waals surface area contributed by atoms with Crippen molar-refractivity contribution in [2.24, 2.45) is 0 Å². The lowest BCUT2D eigenvalue weighted by Gasteiger charge is -2.11. The number of aryl methyl sites for hydroxylation is 1. The highest BCUT2D eigenvalue weighted by atomic mass is 35.5. The first-order chi connectivity index (χ1) is 10.6. The Bertz CT molecular complexity index is 774. The fourth-order valence-electron chi connectivity index (χ4n) is 1.96. The van der Waals surface area contributed by atoms with Crippen LogP contribution in [0.4, 0.5) is 0 Å². The third kappa shape index (κ3) is 3.09. The van der Waals surface area contributed by atoms with Gasteiger partial charge in [0.15, 0.2) is 6.10 Å². The number of nitrogens with zero attached hydrogens (tertiary/aromatic N) is 3. The van der Waals surface area contributed by atoms with Gasteiger partial charge in [-0.1, -0.05) is 16.8 Å². The van der Waals surface area contributed by atoms with Gasteiger partial charge in [0.2, 0.25) is 5.82 Å². The lowest BCUT2D eigenvalue weighted by Crippen LogP contribution is -2.03. The molecule has 0 fully saturated rings. The molecular weight excluding hydrogens is 302 g/mol. The van der Waals surface area contributed by atoms with E-state index in [4.69, 9.17) is 20.9 Å². The second-order valence-electron chi connectivity index (χ2n) is 4.86. The molecular formula is C16H14ClN3O2. The maximum absolute atomic E-state index is 6.00. The van der Waals surface area contributed by atoms with Crippen LogP contribution in [0.15, 0.2) is 47.2 Å². The topological polar surface area (TPSA) is 61.0 Å². The minimum absolute atomic E-state index is 0.358. The number of halogens is 1. The van der Waals surface area contributed by atoms with Gasteiger partial charge in [0, 0.05) is 23.0 Å². The Balaban J connectivity index is 1.77. The van der Waals surface area contributed by atoms with Gasteiger partial charge in [-0.15, -0.1) is 0 Å². The van der Waals surface area contributed by atoms with E-state index in [0.29, 0.717) is 22.5 Å². The average molecular weight is 316 g/mol. The summed E-state index contributed by atoms with van der Waals surface area (Å²) in [5, 5.41) is 4.67. The van der Waals surface area contributed by atoms with Crippen LogP contribution in [0.25, 0.3) is 11.4 Å². The molecule has 0 amide bonds. The van der Waals surface area contributed by atoms with E-state index in [9.17, 15) is 0 Å². The zero-order chi connectivity index (χ0) is 15.5. The molecule has 112 valence electrons. The molecule has 3 rings (SSSR count). The second-order valence-corrected chi connectivity index (χ2v) is 5.27. The number of rotatable bonds is 4. The third-order valence-corrected chi connectivity index (χ3v) is 3.59. The van der Waals surface area contributed by atoms with E-state index in [1.54, 1.807) is 18.5 Å². The fourth-order valence-corrected chi connectivity index (χ4v) is 2.08. The number of benzene rings is 1. The molecule has 0 unspecified atom stereocenters. The van der Waals surface area contributed by atoms with Gasteiger partial charge >= 0.3 is 0 Å². The number of hydrogen-bond acceptors (Lipinski definition) is 5. The molecule has 22 heavy (non-hydrogen) atoms. The molecule has 1 atom stereocenters. The summed E-state index contributed by atoms with van der Waals surface area (Å²) in [7, 11) is 0. The highest BCUT2D eigenvalue weighted by Gasteiger charge is 2.17. The fraction of sp³-hybridized carbons (Fsp3) is 0.188. The molecule has 0 N–H and O–H groups in total. The molecule has 6 heteroatoms. The molecule has 0 bridgehead atoms. The van der Waals surface area contributed by atoms with Crippen molar-refractivity contribution in [1.29, 1.82) is 0 Å². The average Bonchev–Trinajstić information content (AvgIpc) is 3.02. The Morgan fingerprint density at radius 1 is 1.18 bits per heavy atom. The molecule has 0 saturated carbocycles. The SMILES string of the molecule is Cc1cc(O[C@@H](C)c2nc(-c3ccncc3)no2)ccc1Cl. The molecule has 5 nitrogen and oxygen atoms in total. The summed E-state index contributed by atoms with van der Waals surface area (Å²) in [5.41, 5.74) is 1.80. The van der Waals surface area contributed by atoms with E-state index in [-0.39, 0.29) is 6.10 Å². The van der Waals surface area contributed by atoms with Gasteiger partial charge in [-0.25, -0.2) is 0 Å². The van der Waals surface area contributed by atoms with Crippen molar-refractivity contribution in [1.82, 2.24) is 15.1 Å². The van der Waals surface area contributed by atoms with Crippen LogP contribution in [0.3, 0.4) is 0 Å². The highest BCUT2D eigenvalue weighted by molar-refractivity contribution is 6.31. The molecule has 0 aliphatic heterocycles. The molecule has 2 aromatic heterocycles. The zero-order valence-corrected chi connectivity index (χ0v) is 12.9. The summed E-state index contributed by atoms with van der Waals surface area (Å²) in [6.07, 6.45) is 3.01. The predicted octanol–water partition coefficient (Wildman–Crippen LogP) is 4.23. The molecule has 3 aromatic rings. The van der Waals surface area contributed by atoms with Crippen LogP contribution in [0.5, 0.6) is 5.75 Å². The summed E-state index contributed by atoms with van der Waals surface area (Å²) < 4.78 is 11.1. The summed E-state index contributed by atoms with van der Waals surface area (Å²) in [4.78, 5) is 8.32. The van der Waals surface area contributed by atoms with Crippen LogP contribution in [0.1, 0.15) is 24.5 Å². The minimum atomic E-state index is -0.358. The van der Waals surface area contributed by atoms with Crippen molar-refractivity contribution in [2.45, 2.75) is 20.0 Å². The highest BCUT2D eigenvalue weighted by Crippen LogP contribution is 2.26. The van der Waals surface area contributed by atoms with E-state index >= 15 is 0 Å². The van der Waals surface area contributed by atoms with E-state index in [0.717, 1.165) is 11.1 Å². The zero-order valence-electron chi connectivity index (χ0n) is 12.2. The van der Waals surface area contributed by atoms with Gasteiger partial charge in [0.05, 0.1) is 0 Å². The van der Waals surface area contributed by atoms with Crippen LogP contribution in [0.2, 0.25) is 5.02 Å². The van der Waals surface area contributed by atoms with Crippen LogP contribution in [-0.4, -0.2) is 15.1 Å². The first kappa shape index (κ1) is 14.5. The molecule has 1 aromatic carbocycles. The van der Waals surface area contributed by atoms with Crippen LogP contribution in [-0.2, 0) is 0 Å². The maximum atomic E-state index is 6.00. The smallest absolute Gasteiger partial charge is 0.267 e. The van der Waals surface area contributed by atoms with Gasteiger partial charge in [-0.2, -0.15) is 4.98 Å². The third-order valence-electron chi connectivity index (χ3n) is 3.17. The predicted molar refractivity (Wildman–Crippen MR) is 82.8 cm³/mol. The molecule has 0 aliphatic rings. The van der Waals surface area contributed by atoms with Crippen molar-refractivity contribution in [2.75, 3.05) is 0 Å². The normalized spacial score (nSPS) is 12.1. The summed E-state index contributed by atoms with van der Waals surface area (Å²) in [6, 6.07) is 9.13. The summed E-state index contributed by atoms with van der Waals surface area (Å²) >= 11 is 6.00. The Morgan fingerprint density at radius 2 is 1.95 bits per heavy atom. The van der Waals surface area contributed by atoms with E-state index in [1.165, 1.54) is 0 Å². The lowest BCUT2D eigenvalue weighted by molar-refractivity contribution is 0.175. The number of pyridine rings is 1.